The van der Waals surface area contributed by atoms with Crippen molar-refractivity contribution in [1.29, 1.82) is 0 Å². The molecule has 0 heterocycles. The number of thioether (sulfide) groups is 1. The lowest BCUT2D eigenvalue weighted by molar-refractivity contribution is 0.486. The van der Waals surface area contributed by atoms with Crippen LogP contribution in [0.4, 0.5) is 4.39 Å². The van der Waals surface area contributed by atoms with E-state index in [0.717, 1.165) is 30.7 Å². The summed E-state index contributed by atoms with van der Waals surface area (Å²) in [6.45, 7) is 7.30. The summed E-state index contributed by atoms with van der Waals surface area (Å²) in [7, 11) is 0. The Morgan fingerprint density at radius 2 is 2.00 bits per heavy atom. The Kier molecular flexibility index (Phi) is 8.15. The van der Waals surface area contributed by atoms with Gasteiger partial charge in [-0.2, -0.15) is 11.8 Å². The first-order valence-corrected chi connectivity index (χ1v) is 8.36. The molecule has 0 radical (unpaired) electrons. The topological polar surface area (TPSA) is 12.0 Å². The Balaban J connectivity index is 2.60. The van der Waals surface area contributed by atoms with Crippen molar-refractivity contribution in [2.24, 2.45) is 0 Å². The second-order valence-corrected chi connectivity index (χ2v) is 6.51. The minimum Gasteiger partial charge on any atom is -0.314 e. The molecule has 0 spiro atoms. The summed E-state index contributed by atoms with van der Waals surface area (Å²) >= 11 is 1.96. The summed E-state index contributed by atoms with van der Waals surface area (Å²) in [5.41, 5.74) is 0.858. The fourth-order valence-electron chi connectivity index (χ4n) is 2.13. The van der Waals surface area contributed by atoms with Crippen LogP contribution < -0.4 is 5.32 Å². The third-order valence-electron chi connectivity index (χ3n) is 3.16. The van der Waals surface area contributed by atoms with Gasteiger partial charge >= 0.3 is 0 Å². The van der Waals surface area contributed by atoms with E-state index in [1.807, 2.05) is 23.9 Å². The zero-order chi connectivity index (χ0) is 14.1. The summed E-state index contributed by atoms with van der Waals surface area (Å²) in [4.78, 5) is 0. The molecule has 0 amide bonds. The largest absolute Gasteiger partial charge is 0.314 e. The molecule has 0 aromatic heterocycles. The highest BCUT2D eigenvalue weighted by Crippen LogP contribution is 2.24. The molecule has 0 fully saturated rings. The van der Waals surface area contributed by atoms with Gasteiger partial charge < -0.3 is 5.32 Å². The Morgan fingerprint density at radius 3 is 2.63 bits per heavy atom. The SMILES string of the molecule is CCSCCCC(CNC(C)C)c1ccccc1F. The van der Waals surface area contributed by atoms with Gasteiger partial charge in [-0.3, -0.25) is 0 Å². The van der Waals surface area contributed by atoms with Crippen molar-refractivity contribution in [3.8, 4) is 0 Å². The minimum absolute atomic E-state index is 0.0683. The van der Waals surface area contributed by atoms with E-state index in [9.17, 15) is 4.39 Å². The van der Waals surface area contributed by atoms with Crippen LogP contribution in [0.25, 0.3) is 0 Å². The zero-order valence-electron chi connectivity index (χ0n) is 12.3. The molecular formula is C16H26FNS. The van der Waals surface area contributed by atoms with Crippen LogP contribution in [0.15, 0.2) is 24.3 Å². The van der Waals surface area contributed by atoms with Gasteiger partial charge in [0.1, 0.15) is 5.82 Å². The van der Waals surface area contributed by atoms with E-state index < -0.39 is 0 Å². The maximum Gasteiger partial charge on any atom is 0.126 e. The van der Waals surface area contributed by atoms with E-state index >= 15 is 0 Å². The predicted octanol–water partition coefficient (Wildman–Crippen LogP) is 4.44. The van der Waals surface area contributed by atoms with E-state index in [1.165, 1.54) is 5.75 Å². The van der Waals surface area contributed by atoms with Gasteiger partial charge in [0.15, 0.2) is 0 Å². The molecular weight excluding hydrogens is 257 g/mol. The highest BCUT2D eigenvalue weighted by Gasteiger charge is 2.15. The molecule has 0 saturated carbocycles. The van der Waals surface area contributed by atoms with Crippen LogP contribution in [-0.2, 0) is 0 Å². The molecule has 0 aliphatic rings. The fourth-order valence-corrected chi connectivity index (χ4v) is 2.79. The van der Waals surface area contributed by atoms with E-state index in [-0.39, 0.29) is 11.7 Å². The Labute approximate surface area is 121 Å². The van der Waals surface area contributed by atoms with E-state index in [4.69, 9.17) is 0 Å². The van der Waals surface area contributed by atoms with Crippen molar-refractivity contribution in [1.82, 2.24) is 5.32 Å². The number of hydrogen-bond donors (Lipinski definition) is 1. The number of hydrogen-bond acceptors (Lipinski definition) is 2. The normalized spacial score (nSPS) is 12.9. The van der Waals surface area contributed by atoms with Crippen LogP contribution in [0, 0.1) is 5.82 Å². The Morgan fingerprint density at radius 1 is 1.26 bits per heavy atom. The van der Waals surface area contributed by atoms with Crippen LogP contribution in [0.2, 0.25) is 0 Å². The highest BCUT2D eigenvalue weighted by molar-refractivity contribution is 7.99. The molecule has 0 saturated heterocycles. The van der Waals surface area contributed by atoms with Crippen LogP contribution in [0.3, 0.4) is 0 Å². The van der Waals surface area contributed by atoms with E-state index in [0.29, 0.717) is 6.04 Å². The van der Waals surface area contributed by atoms with Gasteiger partial charge in [0.2, 0.25) is 0 Å². The highest BCUT2D eigenvalue weighted by atomic mass is 32.2. The van der Waals surface area contributed by atoms with Crippen LogP contribution in [-0.4, -0.2) is 24.1 Å². The molecule has 0 aliphatic heterocycles. The van der Waals surface area contributed by atoms with Crippen LogP contribution >= 0.6 is 11.8 Å². The first kappa shape index (κ1) is 16.5. The predicted molar refractivity (Wildman–Crippen MR) is 84.5 cm³/mol. The second-order valence-electron chi connectivity index (χ2n) is 5.12. The Hall–Kier alpha value is -0.540. The molecule has 108 valence electrons. The quantitative estimate of drug-likeness (QED) is 0.672. The monoisotopic (exact) mass is 283 g/mol. The van der Waals surface area contributed by atoms with E-state index in [2.05, 4.69) is 26.1 Å². The molecule has 3 heteroatoms. The molecule has 1 aromatic carbocycles. The van der Waals surface area contributed by atoms with Gasteiger partial charge in [-0.05, 0) is 41.9 Å². The van der Waals surface area contributed by atoms with Crippen LogP contribution in [0.5, 0.6) is 0 Å². The summed E-state index contributed by atoms with van der Waals surface area (Å²) in [5, 5.41) is 3.44. The van der Waals surface area contributed by atoms with Crippen molar-refractivity contribution in [3.63, 3.8) is 0 Å². The lowest BCUT2D eigenvalue weighted by atomic mass is 9.93. The second kappa shape index (κ2) is 9.38. The molecule has 1 rings (SSSR count). The minimum atomic E-state index is -0.0683. The molecule has 1 atom stereocenters. The van der Waals surface area contributed by atoms with Gasteiger partial charge in [-0.25, -0.2) is 4.39 Å². The number of halogens is 1. The molecule has 0 bridgehead atoms. The number of rotatable bonds is 9. The zero-order valence-corrected chi connectivity index (χ0v) is 13.1. The Bertz CT molecular complexity index is 354. The van der Waals surface area contributed by atoms with Crippen LogP contribution in [0.1, 0.15) is 45.1 Å². The average molecular weight is 283 g/mol. The number of nitrogens with one attached hydrogen (secondary N) is 1. The third kappa shape index (κ3) is 6.44. The maximum absolute atomic E-state index is 13.9. The summed E-state index contributed by atoms with van der Waals surface area (Å²) < 4.78 is 13.9. The van der Waals surface area contributed by atoms with Gasteiger partial charge in [0, 0.05) is 12.6 Å². The molecule has 1 unspecified atom stereocenters. The lowest BCUT2D eigenvalue weighted by Gasteiger charge is -2.20. The summed E-state index contributed by atoms with van der Waals surface area (Å²) in [6, 6.07) is 7.63. The molecule has 1 N–H and O–H groups in total. The smallest absolute Gasteiger partial charge is 0.126 e. The summed E-state index contributed by atoms with van der Waals surface area (Å²) in [6.07, 6.45) is 2.20. The van der Waals surface area contributed by atoms with Crippen molar-refractivity contribution < 1.29 is 4.39 Å². The van der Waals surface area contributed by atoms with Gasteiger partial charge in [-0.1, -0.05) is 39.0 Å². The fraction of sp³-hybridized carbons (Fsp3) is 0.625. The van der Waals surface area contributed by atoms with E-state index in [1.54, 1.807) is 12.1 Å². The third-order valence-corrected chi connectivity index (χ3v) is 4.15. The molecule has 19 heavy (non-hydrogen) atoms. The molecule has 0 aliphatic carbocycles. The van der Waals surface area contributed by atoms with Crippen molar-refractivity contribution in [2.45, 2.75) is 45.6 Å². The number of benzene rings is 1. The molecule has 1 nitrogen and oxygen atoms in total. The summed E-state index contributed by atoms with van der Waals surface area (Å²) in [5.74, 6) is 2.54. The average Bonchev–Trinajstić information content (AvgIpc) is 2.39. The van der Waals surface area contributed by atoms with Gasteiger partial charge in [-0.15, -0.1) is 0 Å². The van der Waals surface area contributed by atoms with Crippen molar-refractivity contribution >= 4 is 11.8 Å². The van der Waals surface area contributed by atoms with Crippen molar-refractivity contribution in [3.05, 3.63) is 35.6 Å². The van der Waals surface area contributed by atoms with Gasteiger partial charge in [0.25, 0.3) is 0 Å². The van der Waals surface area contributed by atoms with Crippen molar-refractivity contribution in [2.75, 3.05) is 18.1 Å². The molecule has 1 aromatic rings. The first-order valence-electron chi connectivity index (χ1n) is 7.20. The lowest BCUT2D eigenvalue weighted by Crippen LogP contribution is -2.28. The standard InChI is InChI=1S/C16H26FNS/c1-4-19-11-7-8-14(12-18-13(2)3)15-9-5-6-10-16(15)17/h5-6,9-10,13-14,18H,4,7-8,11-12H2,1-3H3. The van der Waals surface area contributed by atoms with Gasteiger partial charge in [0.05, 0.1) is 0 Å². The first-order chi connectivity index (χ1) is 9.15. The maximum atomic E-state index is 13.9.